The van der Waals surface area contributed by atoms with Gasteiger partial charge in [0.25, 0.3) is 0 Å². The Labute approximate surface area is 132 Å². The van der Waals surface area contributed by atoms with Gasteiger partial charge in [-0.25, -0.2) is 0 Å². The Morgan fingerprint density at radius 1 is 1.00 bits per heavy atom. The van der Waals surface area contributed by atoms with E-state index in [0.29, 0.717) is 5.75 Å². The van der Waals surface area contributed by atoms with Crippen LogP contribution in [-0.2, 0) is 6.54 Å². The lowest BCUT2D eigenvalue weighted by Crippen LogP contribution is -2.01. The number of hydrogen-bond donors (Lipinski definition) is 1. The van der Waals surface area contributed by atoms with Crippen LogP contribution >= 0.6 is 0 Å². The molecular weight excluding hydrogens is 270 g/mol. The quantitative estimate of drug-likeness (QED) is 0.664. The molecule has 0 amide bonds. The van der Waals surface area contributed by atoms with Gasteiger partial charge in [-0.3, -0.25) is 0 Å². The van der Waals surface area contributed by atoms with Crippen LogP contribution in [0.15, 0.2) is 54.6 Å². The van der Waals surface area contributed by atoms with Gasteiger partial charge in [-0.15, -0.1) is 0 Å². The highest BCUT2D eigenvalue weighted by Crippen LogP contribution is 2.30. The molecule has 3 aromatic rings. The van der Waals surface area contributed by atoms with Crippen LogP contribution in [0.25, 0.3) is 22.2 Å². The lowest BCUT2D eigenvalue weighted by Gasteiger charge is -2.12. The Morgan fingerprint density at radius 2 is 1.77 bits per heavy atom. The maximum atomic E-state index is 9.83. The number of benzene rings is 2. The Bertz CT molecular complexity index is 756. The maximum Gasteiger partial charge on any atom is 0.117 e. The van der Waals surface area contributed by atoms with Crippen molar-refractivity contribution in [3.05, 3.63) is 54.6 Å². The fourth-order valence-electron chi connectivity index (χ4n) is 2.99. The van der Waals surface area contributed by atoms with E-state index < -0.39 is 0 Å². The van der Waals surface area contributed by atoms with Crippen molar-refractivity contribution in [1.82, 2.24) is 4.57 Å². The number of nitrogens with zero attached hydrogens (tertiary/aromatic N) is 1. The molecule has 2 nitrogen and oxygen atoms in total. The van der Waals surface area contributed by atoms with Crippen LogP contribution in [-0.4, -0.2) is 9.67 Å². The van der Waals surface area contributed by atoms with Crippen LogP contribution in [0.5, 0.6) is 5.75 Å². The third-order valence-corrected chi connectivity index (χ3v) is 4.12. The minimum absolute atomic E-state index is 0.329. The molecule has 2 heteroatoms. The van der Waals surface area contributed by atoms with Crippen LogP contribution in [0, 0.1) is 5.92 Å². The minimum Gasteiger partial charge on any atom is -0.508 e. The van der Waals surface area contributed by atoms with Crippen LogP contribution in [0.2, 0.25) is 0 Å². The SMILES string of the molecule is CC(C)CCCn1c(-c2ccccc2)cc2ccc(O)cc21. The molecule has 0 spiro atoms. The molecule has 114 valence electrons. The van der Waals surface area contributed by atoms with E-state index in [1.54, 1.807) is 6.07 Å². The zero-order valence-corrected chi connectivity index (χ0v) is 13.3. The van der Waals surface area contributed by atoms with Crippen molar-refractivity contribution in [2.24, 2.45) is 5.92 Å². The first-order valence-corrected chi connectivity index (χ1v) is 8.03. The molecule has 3 rings (SSSR count). The van der Waals surface area contributed by atoms with Gasteiger partial charge < -0.3 is 9.67 Å². The van der Waals surface area contributed by atoms with Crippen molar-refractivity contribution in [2.45, 2.75) is 33.2 Å². The van der Waals surface area contributed by atoms with Gasteiger partial charge in [0.2, 0.25) is 0 Å². The second-order valence-corrected chi connectivity index (χ2v) is 6.33. The smallest absolute Gasteiger partial charge is 0.117 e. The summed E-state index contributed by atoms with van der Waals surface area (Å²) in [5.74, 6) is 1.05. The largest absolute Gasteiger partial charge is 0.508 e. The number of aromatic nitrogens is 1. The highest BCUT2D eigenvalue weighted by molar-refractivity contribution is 5.88. The van der Waals surface area contributed by atoms with E-state index in [1.165, 1.54) is 23.1 Å². The van der Waals surface area contributed by atoms with Gasteiger partial charge in [0.05, 0.1) is 5.52 Å². The van der Waals surface area contributed by atoms with Gasteiger partial charge >= 0.3 is 0 Å². The lowest BCUT2D eigenvalue weighted by molar-refractivity contribution is 0.475. The van der Waals surface area contributed by atoms with Gasteiger partial charge in [-0.05, 0) is 42.5 Å². The van der Waals surface area contributed by atoms with Gasteiger partial charge in [0.15, 0.2) is 0 Å². The van der Waals surface area contributed by atoms with Crippen LogP contribution in [0.3, 0.4) is 0 Å². The van der Waals surface area contributed by atoms with Crippen molar-refractivity contribution in [2.75, 3.05) is 0 Å². The molecule has 0 aliphatic heterocycles. The molecule has 2 aromatic carbocycles. The summed E-state index contributed by atoms with van der Waals surface area (Å²) in [7, 11) is 0. The summed E-state index contributed by atoms with van der Waals surface area (Å²) in [5.41, 5.74) is 3.57. The minimum atomic E-state index is 0.329. The highest BCUT2D eigenvalue weighted by atomic mass is 16.3. The summed E-state index contributed by atoms with van der Waals surface area (Å²) in [5, 5.41) is 11.0. The Hall–Kier alpha value is -2.22. The molecule has 0 aliphatic rings. The molecule has 22 heavy (non-hydrogen) atoms. The molecule has 0 fully saturated rings. The van der Waals surface area contributed by atoms with Crippen LogP contribution < -0.4 is 0 Å². The van der Waals surface area contributed by atoms with E-state index in [4.69, 9.17) is 0 Å². The molecule has 0 aliphatic carbocycles. The monoisotopic (exact) mass is 293 g/mol. The molecule has 1 heterocycles. The predicted molar refractivity (Wildman–Crippen MR) is 93.1 cm³/mol. The van der Waals surface area contributed by atoms with E-state index in [-0.39, 0.29) is 0 Å². The molecule has 0 radical (unpaired) electrons. The third-order valence-electron chi connectivity index (χ3n) is 4.12. The zero-order valence-electron chi connectivity index (χ0n) is 13.3. The first-order chi connectivity index (χ1) is 10.6. The Kier molecular flexibility index (Phi) is 4.19. The fourth-order valence-corrected chi connectivity index (χ4v) is 2.99. The van der Waals surface area contributed by atoms with Crippen molar-refractivity contribution >= 4 is 10.9 Å². The van der Waals surface area contributed by atoms with E-state index in [1.807, 2.05) is 18.2 Å². The van der Waals surface area contributed by atoms with E-state index in [0.717, 1.165) is 24.4 Å². The number of aryl methyl sites for hydroxylation is 1. The third kappa shape index (κ3) is 3.01. The van der Waals surface area contributed by atoms with Crippen LogP contribution in [0.1, 0.15) is 26.7 Å². The Balaban J connectivity index is 2.06. The topological polar surface area (TPSA) is 25.2 Å². The number of phenolic OH excluding ortho intramolecular Hbond substituents is 1. The standard InChI is InChI=1S/C20H23NO/c1-15(2)7-6-12-21-19(16-8-4-3-5-9-16)13-17-10-11-18(22)14-20(17)21/h3-5,8-11,13-15,22H,6-7,12H2,1-2H3. The molecule has 1 N–H and O–H groups in total. The van der Waals surface area contributed by atoms with E-state index >= 15 is 0 Å². The maximum absolute atomic E-state index is 9.83. The Morgan fingerprint density at radius 3 is 2.50 bits per heavy atom. The number of fused-ring (bicyclic) bond motifs is 1. The van der Waals surface area contributed by atoms with Gasteiger partial charge in [-0.1, -0.05) is 44.2 Å². The molecule has 0 unspecified atom stereocenters. The molecule has 0 atom stereocenters. The van der Waals surface area contributed by atoms with Gasteiger partial charge in [0.1, 0.15) is 5.75 Å². The zero-order chi connectivity index (χ0) is 15.5. The van der Waals surface area contributed by atoms with E-state index in [9.17, 15) is 5.11 Å². The average Bonchev–Trinajstić information content (AvgIpc) is 2.86. The second-order valence-electron chi connectivity index (χ2n) is 6.33. The first kappa shape index (κ1) is 14.7. The van der Waals surface area contributed by atoms with Gasteiger partial charge in [0, 0.05) is 23.7 Å². The molecule has 0 saturated carbocycles. The second kappa shape index (κ2) is 6.27. The number of aromatic hydroxyl groups is 1. The predicted octanol–water partition coefficient (Wildman–Crippen LogP) is 5.45. The first-order valence-electron chi connectivity index (χ1n) is 8.03. The number of hydrogen-bond acceptors (Lipinski definition) is 1. The van der Waals surface area contributed by atoms with E-state index in [2.05, 4.69) is 48.7 Å². The average molecular weight is 293 g/mol. The number of phenols is 1. The fraction of sp³-hybridized carbons (Fsp3) is 0.300. The lowest BCUT2D eigenvalue weighted by atomic mass is 10.1. The molecule has 0 saturated heterocycles. The number of rotatable bonds is 5. The van der Waals surface area contributed by atoms with Crippen molar-refractivity contribution in [1.29, 1.82) is 0 Å². The summed E-state index contributed by atoms with van der Waals surface area (Å²) in [6, 6.07) is 18.3. The summed E-state index contributed by atoms with van der Waals surface area (Å²) in [4.78, 5) is 0. The highest BCUT2D eigenvalue weighted by Gasteiger charge is 2.11. The normalized spacial score (nSPS) is 11.4. The summed E-state index contributed by atoms with van der Waals surface area (Å²) in [6.07, 6.45) is 2.36. The van der Waals surface area contributed by atoms with Crippen molar-refractivity contribution in [3.8, 4) is 17.0 Å². The molecular formula is C20H23NO. The van der Waals surface area contributed by atoms with Crippen molar-refractivity contribution in [3.63, 3.8) is 0 Å². The summed E-state index contributed by atoms with van der Waals surface area (Å²) < 4.78 is 2.34. The molecule has 0 bridgehead atoms. The van der Waals surface area contributed by atoms with Gasteiger partial charge in [-0.2, -0.15) is 0 Å². The molecule has 1 aromatic heterocycles. The van der Waals surface area contributed by atoms with Crippen LogP contribution in [0.4, 0.5) is 0 Å². The summed E-state index contributed by atoms with van der Waals surface area (Å²) >= 11 is 0. The summed E-state index contributed by atoms with van der Waals surface area (Å²) in [6.45, 7) is 5.50. The van der Waals surface area contributed by atoms with Crippen molar-refractivity contribution < 1.29 is 5.11 Å².